The van der Waals surface area contributed by atoms with Gasteiger partial charge in [0, 0.05) is 28.6 Å². The lowest BCUT2D eigenvalue weighted by Gasteiger charge is -2.30. The van der Waals surface area contributed by atoms with Gasteiger partial charge < -0.3 is 9.30 Å². The van der Waals surface area contributed by atoms with Crippen LogP contribution in [0.5, 0.6) is 5.75 Å². The van der Waals surface area contributed by atoms with E-state index in [1.807, 2.05) is 80.6 Å². The number of ketones is 1. The van der Waals surface area contributed by atoms with Gasteiger partial charge in [0.15, 0.2) is 0 Å². The first-order chi connectivity index (χ1) is 14.5. The topological polar surface area (TPSA) is 31.2 Å². The number of hydrogen-bond acceptors (Lipinski definition) is 2. The molecule has 0 saturated carbocycles. The number of aromatic nitrogens is 1. The monoisotopic (exact) mass is 393 g/mol. The van der Waals surface area contributed by atoms with Crippen LogP contribution in [0, 0.1) is 0 Å². The largest absolute Gasteiger partial charge is 0.483 e. The molecular formula is C27H23NO2. The van der Waals surface area contributed by atoms with Crippen LogP contribution in [0.3, 0.4) is 0 Å². The number of carbonyl (C=O) groups is 1. The zero-order chi connectivity index (χ0) is 20.7. The van der Waals surface area contributed by atoms with E-state index < -0.39 is 5.60 Å². The standard InChI is InChI=1S/C27H23NO2/c1-27(2)17-22(21-13-7-9-15-25(21)30-27)26(29)24-16-20-12-6-8-14-23(20)28(24)18-19-10-4-3-5-11-19/h3-17H,18H2,1-2H3. The quantitative estimate of drug-likeness (QED) is 0.391. The maximum absolute atomic E-state index is 13.9. The number of para-hydroxylation sites is 2. The van der Waals surface area contributed by atoms with Crippen LogP contribution in [0.1, 0.15) is 35.5 Å². The average Bonchev–Trinajstić information content (AvgIpc) is 3.11. The Bertz CT molecular complexity index is 1280. The smallest absolute Gasteiger partial charge is 0.209 e. The van der Waals surface area contributed by atoms with Crippen molar-refractivity contribution in [3.05, 3.63) is 108 Å². The molecule has 3 aromatic carbocycles. The van der Waals surface area contributed by atoms with E-state index in [2.05, 4.69) is 28.8 Å². The lowest BCUT2D eigenvalue weighted by atomic mass is 9.91. The van der Waals surface area contributed by atoms with Crippen LogP contribution in [0.15, 0.2) is 91.0 Å². The fraction of sp³-hybridized carbons (Fsp3) is 0.148. The molecule has 3 heteroatoms. The molecular weight excluding hydrogens is 370 g/mol. The van der Waals surface area contributed by atoms with Gasteiger partial charge >= 0.3 is 0 Å². The Balaban J connectivity index is 1.67. The van der Waals surface area contributed by atoms with Gasteiger partial charge in [-0.1, -0.05) is 66.7 Å². The summed E-state index contributed by atoms with van der Waals surface area (Å²) in [6, 6.07) is 28.2. The van der Waals surface area contributed by atoms with Gasteiger partial charge in [-0.05, 0) is 43.7 Å². The predicted molar refractivity (Wildman–Crippen MR) is 121 cm³/mol. The summed E-state index contributed by atoms with van der Waals surface area (Å²) in [4.78, 5) is 13.9. The van der Waals surface area contributed by atoms with Crippen LogP contribution in [-0.4, -0.2) is 16.0 Å². The predicted octanol–water partition coefficient (Wildman–Crippen LogP) is 6.13. The van der Waals surface area contributed by atoms with Crippen molar-refractivity contribution < 1.29 is 9.53 Å². The Kier molecular flexibility index (Phi) is 4.32. The zero-order valence-electron chi connectivity index (χ0n) is 17.1. The lowest BCUT2D eigenvalue weighted by molar-refractivity contribution is 0.103. The number of rotatable bonds is 4. The van der Waals surface area contributed by atoms with Gasteiger partial charge in [-0.25, -0.2) is 0 Å². The van der Waals surface area contributed by atoms with Crippen LogP contribution < -0.4 is 4.74 Å². The first-order valence-corrected chi connectivity index (χ1v) is 10.2. The van der Waals surface area contributed by atoms with E-state index in [1.54, 1.807) is 0 Å². The molecule has 0 spiro atoms. The Labute approximate surface area is 176 Å². The highest BCUT2D eigenvalue weighted by Crippen LogP contribution is 2.38. The molecule has 1 aliphatic rings. The van der Waals surface area contributed by atoms with Crippen LogP contribution in [0.2, 0.25) is 0 Å². The van der Waals surface area contributed by atoms with Gasteiger partial charge in [0.1, 0.15) is 11.4 Å². The second-order valence-electron chi connectivity index (χ2n) is 8.25. The average molecular weight is 393 g/mol. The molecule has 4 aromatic rings. The first kappa shape index (κ1) is 18.4. The zero-order valence-corrected chi connectivity index (χ0v) is 17.1. The Morgan fingerprint density at radius 1 is 0.900 bits per heavy atom. The minimum Gasteiger partial charge on any atom is -0.483 e. The maximum atomic E-state index is 13.9. The number of ether oxygens (including phenoxy) is 1. The highest BCUT2D eigenvalue weighted by Gasteiger charge is 2.31. The maximum Gasteiger partial charge on any atom is 0.209 e. The highest BCUT2D eigenvalue weighted by atomic mass is 16.5. The van der Waals surface area contributed by atoms with Gasteiger partial charge in [0.2, 0.25) is 5.78 Å². The van der Waals surface area contributed by atoms with Gasteiger partial charge in [-0.2, -0.15) is 0 Å². The molecule has 1 aromatic heterocycles. The van der Waals surface area contributed by atoms with E-state index >= 15 is 0 Å². The van der Waals surface area contributed by atoms with Gasteiger partial charge in [-0.3, -0.25) is 4.79 Å². The summed E-state index contributed by atoms with van der Waals surface area (Å²) >= 11 is 0. The molecule has 2 heterocycles. The van der Waals surface area contributed by atoms with Crippen molar-refractivity contribution in [2.75, 3.05) is 0 Å². The number of carbonyl (C=O) groups excluding carboxylic acids is 1. The summed E-state index contributed by atoms with van der Waals surface area (Å²) in [5, 5.41) is 1.07. The summed E-state index contributed by atoms with van der Waals surface area (Å²) in [7, 11) is 0. The van der Waals surface area contributed by atoms with Crippen LogP contribution >= 0.6 is 0 Å². The molecule has 3 nitrogen and oxygen atoms in total. The molecule has 1 aliphatic heterocycles. The lowest BCUT2D eigenvalue weighted by Crippen LogP contribution is -2.30. The van der Waals surface area contributed by atoms with Crippen molar-refractivity contribution in [2.45, 2.75) is 26.0 Å². The summed E-state index contributed by atoms with van der Waals surface area (Å²) in [5.74, 6) is 0.769. The number of fused-ring (bicyclic) bond motifs is 2. The minimum absolute atomic E-state index is 0.0194. The van der Waals surface area contributed by atoms with Crippen LogP contribution in [0.25, 0.3) is 16.5 Å². The van der Waals surface area contributed by atoms with Gasteiger partial charge in [-0.15, -0.1) is 0 Å². The van der Waals surface area contributed by atoms with Crippen LogP contribution in [-0.2, 0) is 6.54 Å². The second kappa shape index (κ2) is 7.03. The van der Waals surface area contributed by atoms with Crippen molar-refractivity contribution in [3.8, 4) is 5.75 Å². The Hall–Kier alpha value is -3.59. The van der Waals surface area contributed by atoms with Gasteiger partial charge in [0.25, 0.3) is 0 Å². The SMILES string of the molecule is CC1(C)C=C(C(=O)c2cc3ccccc3n2Cc2ccccc2)c2ccccc2O1. The van der Waals surface area contributed by atoms with Crippen molar-refractivity contribution >= 4 is 22.3 Å². The van der Waals surface area contributed by atoms with Gasteiger partial charge in [0.05, 0.1) is 5.69 Å². The molecule has 0 N–H and O–H groups in total. The molecule has 0 radical (unpaired) electrons. The first-order valence-electron chi connectivity index (χ1n) is 10.2. The molecule has 0 saturated heterocycles. The number of allylic oxidation sites excluding steroid dienone is 1. The molecule has 0 fully saturated rings. The van der Waals surface area contributed by atoms with Crippen molar-refractivity contribution in [2.24, 2.45) is 0 Å². The van der Waals surface area contributed by atoms with E-state index in [9.17, 15) is 4.79 Å². The van der Waals surface area contributed by atoms with E-state index in [-0.39, 0.29) is 5.78 Å². The third kappa shape index (κ3) is 3.22. The fourth-order valence-corrected chi connectivity index (χ4v) is 4.18. The Morgan fingerprint density at radius 3 is 2.43 bits per heavy atom. The number of Topliss-reactive ketones (excluding diaryl/α,β-unsaturated/α-hetero) is 1. The van der Waals surface area contributed by atoms with Crippen molar-refractivity contribution in [1.29, 1.82) is 0 Å². The molecule has 0 amide bonds. The molecule has 0 atom stereocenters. The number of nitrogens with zero attached hydrogens (tertiary/aromatic N) is 1. The van der Waals surface area contributed by atoms with E-state index in [0.717, 1.165) is 27.8 Å². The third-order valence-electron chi connectivity index (χ3n) is 5.51. The summed E-state index contributed by atoms with van der Waals surface area (Å²) < 4.78 is 8.21. The van der Waals surface area contributed by atoms with Crippen molar-refractivity contribution in [1.82, 2.24) is 4.57 Å². The van der Waals surface area contributed by atoms with Crippen LogP contribution in [0.4, 0.5) is 0 Å². The second-order valence-corrected chi connectivity index (χ2v) is 8.25. The molecule has 5 rings (SSSR count). The normalized spacial score (nSPS) is 14.7. The van der Waals surface area contributed by atoms with E-state index in [0.29, 0.717) is 17.8 Å². The highest BCUT2D eigenvalue weighted by molar-refractivity contribution is 6.30. The fourth-order valence-electron chi connectivity index (χ4n) is 4.18. The molecule has 148 valence electrons. The summed E-state index contributed by atoms with van der Waals surface area (Å²) in [6.07, 6.45) is 1.95. The molecule has 0 bridgehead atoms. The number of benzene rings is 3. The Morgan fingerprint density at radius 2 is 1.60 bits per heavy atom. The van der Waals surface area contributed by atoms with E-state index in [1.165, 1.54) is 0 Å². The third-order valence-corrected chi connectivity index (χ3v) is 5.51. The summed E-state index contributed by atoms with van der Waals surface area (Å²) in [6.45, 7) is 4.61. The van der Waals surface area contributed by atoms with E-state index in [4.69, 9.17) is 4.74 Å². The summed E-state index contributed by atoms with van der Waals surface area (Å²) in [5.41, 5.74) is 3.91. The minimum atomic E-state index is -0.546. The molecule has 0 aliphatic carbocycles. The molecule has 0 unspecified atom stereocenters. The number of hydrogen-bond donors (Lipinski definition) is 0. The molecule has 30 heavy (non-hydrogen) atoms. The van der Waals surface area contributed by atoms with Crippen molar-refractivity contribution in [3.63, 3.8) is 0 Å².